The second-order valence-corrected chi connectivity index (χ2v) is 6.12. The minimum atomic E-state index is -3.45. The SMILES string of the molecule is CC(CC(=O)O)S(=O)(=O)Cc1ccn(C)n1. The van der Waals surface area contributed by atoms with E-state index in [1.54, 1.807) is 19.3 Å². The van der Waals surface area contributed by atoms with Gasteiger partial charge in [0.2, 0.25) is 0 Å². The second-order valence-electron chi connectivity index (χ2n) is 3.70. The third kappa shape index (κ3) is 3.34. The fourth-order valence-corrected chi connectivity index (χ4v) is 2.51. The number of nitrogens with zero attached hydrogens (tertiary/aromatic N) is 2. The first-order chi connectivity index (χ1) is 7.31. The van der Waals surface area contributed by atoms with Crippen LogP contribution < -0.4 is 0 Å². The van der Waals surface area contributed by atoms with E-state index in [4.69, 9.17) is 5.11 Å². The van der Waals surface area contributed by atoms with Crippen molar-refractivity contribution in [1.29, 1.82) is 0 Å². The van der Waals surface area contributed by atoms with E-state index >= 15 is 0 Å². The summed E-state index contributed by atoms with van der Waals surface area (Å²) in [5.74, 6) is -1.33. The van der Waals surface area contributed by atoms with Crippen LogP contribution in [-0.2, 0) is 27.4 Å². The van der Waals surface area contributed by atoms with Crippen molar-refractivity contribution in [2.75, 3.05) is 0 Å². The summed E-state index contributed by atoms with van der Waals surface area (Å²) in [7, 11) is -1.76. The molecule has 1 rings (SSSR count). The molecule has 0 saturated heterocycles. The quantitative estimate of drug-likeness (QED) is 0.801. The molecule has 0 saturated carbocycles. The Labute approximate surface area is 93.8 Å². The van der Waals surface area contributed by atoms with Crippen molar-refractivity contribution >= 4 is 15.8 Å². The summed E-state index contributed by atoms with van der Waals surface area (Å²) in [5, 5.41) is 11.6. The second kappa shape index (κ2) is 4.65. The molecule has 0 aliphatic heterocycles. The van der Waals surface area contributed by atoms with Crippen LogP contribution in [0, 0.1) is 0 Å². The topological polar surface area (TPSA) is 89.3 Å². The molecule has 0 fully saturated rings. The summed E-state index contributed by atoms with van der Waals surface area (Å²) in [5.41, 5.74) is 0.430. The van der Waals surface area contributed by atoms with Crippen molar-refractivity contribution in [2.24, 2.45) is 7.05 Å². The van der Waals surface area contributed by atoms with Crippen LogP contribution in [0.15, 0.2) is 12.3 Å². The Hall–Kier alpha value is -1.37. The molecule has 0 aliphatic carbocycles. The Balaban J connectivity index is 2.75. The molecule has 1 atom stereocenters. The van der Waals surface area contributed by atoms with Gasteiger partial charge in [0, 0.05) is 13.2 Å². The summed E-state index contributed by atoms with van der Waals surface area (Å²) in [6.07, 6.45) is 1.27. The number of rotatable bonds is 5. The monoisotopic (exact) mass is 246 g/mol. The predicted molar refractivity (Wildman–Crippen MR) is 57.5 cm³/mol. The molecule has 1 aromatic rings. The summed E-state index contributed by atoms with van der Waals surface area (Å²) in [6, 6.07) is 1.60. The highest BCUT2D eigenvalue weighted by atomic mass is 32.2. The van der Waals surface area contributed by atoms with Crippen LogP contribution in [0.25, 0.3) is 0 Å². The highest BCUT2D eigenvalue weighted by molar-refractivity contribution is 7.91. The van der Waals surface area contributed by atoms with Crippen LogP contribution in [0.4, 0.5) is 0 Å². The van der Waals surface area contributed by atoms with Crippen LogP contribution in [0.3, 0.4) is 0 Å². The maximum Gasteiger partial charge on any atom is 0.304 e. The van der Waals surface area contributed by atoms with Gasteiger partial charge in [-0.3, -0.25) is 9.48 Å². The molecule has 0 bridgehead atoms. The van der Waals surface area contributed by atoms with Gasteiger partial charge < -0.3 is 5.11 Å². The summed E-state index contributed by atoms with van der Waals surface area (Å²) in [4.78, 5) is 10.4. The standard InChI is InChI=1S/C9H14N2O4S/c1-7(5-9(12)13)16(14,15)6-8-3-4-11(2)10-8/h3-4,7H,5-6H2,1-2H3,(H,12,13). The Bertz CT molecular complexity index is 477. The van der Waals surface area contributed by atoms with Gasteiger partial charge in [0.05, 0.1) is 23.1 Å². The van der Waals surface area contributed by atoms with Gasteiger partial charge in [-0.2, -0.15) is 5.10 Å². The molecule has 0 spiro atoms. The average Bonchev–Trinajstić information content (AvgIpc) is 2.49. The van der Waals surface area contributed by atoms with Crippen LogP contribution in [-0.4, -0.2) is 34.5 Å². The highest BCUT2D eigenvalue weighted by Crippen LogP contribution is 2.12. The molecule has 1 aromatic heterocycles. The Kier molecular flexibility index (Phi) is 3.69. The van der Waals surface area contributed by atoms with Gasteiger partial charge in [0.25, 0.3) is 0 Å². The van der Waals surface area contributed by atoms with E-state index in [1.807, 2.05) is 0 Å². The van der Waals surface area contributed by atoms with Crippen LogP contribution in [0.1, 0.15) is 19.0 Å². The first kappa shape index (κ1) is 12.7. The third-order valence-corrected chi connectivity index (χ3v) is 4.28. The lowest BCUT2D eigenvalue weighted by atomic mass is 10.3. The zero-order valence-electron chi connectivity index (χ0n) is 9.12. The molecule has 0 aliphatic rings. The minimum absolute atomic E-state index is 0.220. The molecule has 16 heavy (non-hydrogen) atoms. The van der Waals surface area contributed by atoms with E-state index in [1.165, 1.54) is 11.6 Å². The molecule has 7 heteroatoms. The third-order valence-electron chi connectivity index (χ3n) is 2.19. The normalized spacial score (nSPS) is 13.6. The first-order valence-corrected chi connectivity index (χ1v) is 6.44. The number of carbonyl (C=O) groups is 1. The van der Waals surface area contributed by atoms with E-state index in [2.05, 4.69) is 5.10 Å². The molecule has 0 radical (unpaired) electrons. The molecule has 1 unspecified atom stereocenters. The molecule has 1 heterocycles. The predicted octanol–water partition coefficient (Wildman–Crippen LogP) is 0.198. The molecule has 0 amide bonds. The van der Waals surface area contributed by atoms with Gasteiger partial charge in [-0.25, -0.2) is 8.42 Å². The lowest BCUT2D eigenvalue weighted by Crippen LogP contribution is -2.23. The van der Waals surface area contributed by atoms with Gasteiger partial charge in [-0.05, 0) is 13.0 Å². The van der Waals surface area contributed by atoms with E-state index in [-0.39, 0.29) is 12.2 Å². The van der Waals surface area contributed by atoms with Crippen LogP contribution in [0.5, 0.6) is 0 Å². The number of carboxylic acids is 1. The number of hydrogen-bond donors (Lipinski definition) is 1. The van der Waals surface area contributed by atoms with Gasteiger partial charge >= 0.3 is 5.97 Å². The summed E-state index contributed by atoms with van der Waals surface area (Å²) in [6.45, 7) is 1.40. The number of sulfone groups is 1. The number of aliphatic carboxylic acids is 1. The maximum atomic E-state index is 11.7. The van der Waals surface area contributed by atoms with E-state index < -0.39 is 21.1 Å². The number of aryl methyl sites for hydroxylation is 1. The molecule has 1 N–H and O–H groups in total. The zero-order valence-corrected chi connectivity index (χ0v) is 9.94. The molecule has 6 nitrogen and oxygen atoms in total. The van der Waals surface area contributed by atoms with Gasteiger partial charge in [-0.1, -0.05) is 0 Å². The Morgan fingerprint density at radius 1 is 1.62 bits per heavy atom. The molecular formula is C9H14N2O4S. The molecule has 0 aromatic carbocycles. The van der Waals surface area contributed by atoms with Crippen molar-refractivity contribution < 1.29 is 18.3 Å². The lowest BCUT2D eigenvalue weighted by molar-refractivity contribution is -0.136. The highest BCUT2D eigenvalue weighted by Gasteiger charge is 2.24. The van der Waals surface area contributed by atoms with Crippen LogP contribution in [0.2, 0.25) is 0 Å². The number of hydrogen-bond acceptors (Lipinski definition) is 4. The van der Waals surface area contributed by atoms with E-state index in [0.717, 1.165) is 0 Å². The Morgan fingerprint density at radius 2 is 2.25 bits per heavy atom. The van der Waals surface area contributed by atoms with Crippen molar-refractivity contribution in [3.05, 3.63) is 18.0 Å². The van der Waals surface area contributed by atoms with Crippen molar-refractivity contribution in [1.82, 2.24) is 9.78 Å². The minimum Gasteiger partial charge on any atom is -0.481 e. The average molecular weight is 246 g/mol. The van der Waals surface area contributed by atoms with Gasteiger partial charge in [-0.15, -0.1) is 0 Å². The fraction of sp³-hybridized carbons (Fsp3) is 0.556. The Morgan fingerprint density at radius 3 is 2.69 bits per heavy atom. The van der Waals surface area contributed by atoms with Crippen molar-refractivity contribution in [2.45, 2.75) is 24.3 Å². The van der Waals surface area contributed by atoms with Crippen molar-refractivity contribution in [3.63, 3.8) is 0 Å². The number of carboxylic acid groups (broad SMARTS) is 1. The molecular weight excluding hydrogens is 232 g/mol. The first-order valence-electron chi connectivity index (χ1n) is 4.73. The zero-order chi connectivity index (χ0) is 12.3. The fourth-order valence-electron chi connectivity index (χ4n) is 1.26. The maximum absolute atomic E-state index is 11.7. The molecule has 90 valence electrons. The van der Waals surface area contributed by atoms with Gasteiger partial charge in [0.15, 0.2) is 9.84 Å². The number of aromatic nitrogens is 2. The van der Waals surface area contributed by atoms with E-state index in [9.17, 15) is 13.2 Å². The van der Waals surface area contributed by atoms with Gasteiger partial charge in [0.1, 0.15) is 0 Å². The van der Waals surface area contributed by atoms with Crippen LogP contribution >= 0.6 is 0 Å². The smallest absolute Gasteiger partial charge is 0.304 e. The summed E-state index contributed by atoms with van der Waals surface area (Å²) < 4.78 is 25.0. The van der Waals surface area contributed by atoms with Crippen molar-refractivity contribution in [3.8, 4) is 0 Å². The summed E-state index contributed by atoms with van der Waals surface area (Å²) >= 11 is 0. The lowest BCUT2D eigenvalue weighted by Gasteiger charge is -2.08. The van der Waals surface area contributed by atoms with E-state index in [0.29, 0.717) is 5.69 Å². The largest absolute Gasteiger partial charge is 0.481 e.